The van der Waals surface area contributed by atoms with Gasteiger partial charge in [-0.2, -0.15) is 0 Å². The largest absolute Gasteiger partial charge is 0.274 e. The molecule has 2 aromatic carbocycles. The van der Waals surface area contributed by atoms with Gasteiger partial charge in [0, 0.05) is 15.0 Å². The van der Waals surface area contributed by atoms with Crippen molar-refractivity contribution in [3.8, 4) is 0 Å². The topological polar surface area (TPSA) is 37.4 Å². The zero-order chi connectivity index (χ0) is 16.6. The Bertz CT molecular complexity index is 845. The monoisotopic (exact) mass is 447 g/mol. The minimum absolute atomic E-state index is 0.0160. The van der Waals surface area contributed by atoms with Gasteiger partial charge in [0.1, 0.15) is 0 Å². The van der Waals surface area contributed by atoms with E-state index >= 15 is 0 Å². The number of amides is 2. The van der Waals surface area contributed by atoms with Crippen LogP contribution in [0.3, 0.4) is 0 Å². The molecule has 2 amide bonds. The molecular formula is C19H15Br2NO2. The summed E-state index contributed by atoms with van der Waals surface area (Å²) in [5, 5.41) is 2.01. The molecule has 2 aromatic rings. The number of imide groups is 1. The number of nitrogens with zero attached hydrogens (tertiary/aromatic N) is 1. The Labute approximate surface area is 156 Å². The minimum atomic E-state index is -0.167. The van der Waals surface area contributed by atoms with Crippen molar-refractivity contribution in [3.05, 3.63) is 42.5 Å². The third-order valence-corrected chi connectivity index (χ3v) is 9.20. The van der Waals surface area contributed by atoms with Crippen LogP contribution in [0.1, 0.15) is 6.42 Å². The summed E-state index contributed by atoms with van der Waals surface area (Å²) in [5.74, 6) is 0.135. The summed E-state index contributed by atoms with van der Waals surface area (Å²) in [4.78, 5) is 28.3. The van der Waals surface area contributed by atoms with E-state index in [-0.39, 0.29) is 45.1 Å². The first-order valence-corrected chi connectivity index (χ1v) is 10.1. The number of fused-ring (bicyclic) bond motifs is 6. The lowest BCUT2D eigenvalue weighted by Crippen LogP contribution is -2.37. The van der Waals surface area contributed by atoms with E-state index in [4.69, 9.17) is 0 Å². The molecular weight excluding hydrogens is 434 g/mol. The summed E-state index contributed by atoms with van der Waals surface area (Å²) in [6.45, 7) is 0. The highest BCUT2D eigenvalue weighted by atomic mass is 79.9. The van der Waals surface area contributed by atoms with Crippen molar-refractivity contribution < 1.29 is 9.59 Å². The van der Waals surface area contributed by atoms with Crippen molar-refractivity contribution >= 4 is 60.1 Å². The van der Waals surface area contributed by atoms with Crippen LogP contribution in [0.5, 0.6) is 0 Å². The fourth-order valence-corrected chi connectivity index (χ4v) is 6.86. The van der Waals surface area contributed by atoms with E-state index < -0.39 is 0 Å². The third-order valence-electron chi connectivity index (χ3n) is 5.99. The molecule has 2 saturated carbocycles. The Morgan fingerprint density at radius 2 is 1.42 bits per heavy atom. The Balaban J connectivity index is 1.64. The van der Waals surface area contributed by atoms with Crippen LogP contribution in [0.4, 0.5) is 5.69 Å². The van der Waals surface area contributed by atoms with Gasteiger partial charge in [-0.25, -0.2) is 4.90 Å². The van der Waals surface area contributed by atoms with E-state index in [9.17, 15) is 9.59 Å². The number of rotatable bonds is 1. The predicted octanol–water partition coefficient (Wildman–Crippen LogP) is 4.12. The van der Waals surface area contributed by atoms with Crippen LogP contribution < -0.4 is 4.90 Å². The molecule has 1 heterocycles. The van der Waals surface area contributed by atoms with Crippen molar-refractivity contribution in [2.24, 2.45) is 23.7 Å². The van der Waals surface area contributed by atoms with Crippen LogP contribution in [-0.2, 0) is 9.59 Å². The lowest BCUT2D eigenvalue weighted by Gasteiger charge is -2.28. The second-order valence-corrected chi connectivity index (χ2v) is 9.13. The zero-order valence-corrected chi connectivity index (χ0v) is 15.9. The number of hydrogen-bond donors (Lipinski definition) is 0. The maximum atomic E-state index is 13.2. The zero-order valence-electron chi connectivity index (χ0n) is 12.7. The number of hydrogen-bond acceptors (Lipinski definition) is 2. The van der Waals surface area contributed by atoms with Gasteiger partial charge in [0.2, 0.25) is 11.8 Å². The summed E-state index contributed by atoms with van der Waals surface area (Å²) >= 11 is 7.46. The molecule has 0 spiro atoms. The van der Waals surface area contributed by atoms with Gasteiger partial charge in [-0.15, -0.1) is 0 Å². The molecule has 2 aliphatic carbocycles. The van der Waals surface area contributed by atoms with Crippen molar-refractivity contribution in [1.82, 2.24) is 0 Å². The second-order valence-electron chi connectivity index (χ2n) is 7.01. The van der Waals surface area contributed by atoms with Crippen LogP contribution in [0.25, 0.3) is 10.8 Å². The van der Waals surface area contributed by atoms with Gasteiger partial charge in [0.25, 0.3) is 0 Å². The van der Waals surface area contributed by atoms with Gasteiger partial charge >= 0.3 is 0 Å². The molecule has 5 rings (SSSR count). The van der Waals surface area contributed by atoms with E-state index in [1.54, 1.807) is 0 Å². The van der Waals surface area contributed by atoms with E-state index in [1.807, 2.05) is 42.5 Å². The highest BCUT2D eigenvalue weighted by Crippen LogP contribution is 2.60. The van der Waals surface area contributed by atoms with Gasteiger partial charge in [0.15, 0.2) is 0 Å². The second kappa shape index (κ2) is 5.15. The summed E-state index contributed by atoms with van der Waals surface area (Å²) in [5.41, 5.74) is 0.731. The molecule has 3 nitrogen and oxygen atoms in total. The molecule has 2 bridgehead atoms. The molecule has 1 aliphatic heterocycles. The number of carbonyl (C=O) groups excluding carboxylic acids is 2. The summed E-state index contributed by atoms with van der Waals surface area (Å²) in [7, 11) is 0. The number of anilines is 1. The van der Waals surface area contributed by atoms with Crippen molar-refractivity contribution in [1.29, 1.82) is 0 Å². The van der Waals surface area contributed by atoms with E-state index in [2.05, 4.69) is 31.9 Å². The van der Waals surface area contributed by atoms with Gasteiger partial charge in [-0.1, -0.05) is 68.3 Å². The maximum absolute atomic E-state index is 13.2. The SMILES string of the molecule is O=C1C2C3CC(C(Br)C3Br)C2C(=O)N1c1cccc2ccccc12. The van der Waals surface area contributed by atoms with Crippen molar-refractivity contribution in [2.75, 3.05) is 4.90 Å². The minimum Gasteiger partial charge on any atom is -0.274 e. The highest BCUT2D eigenvalue weighted by Gasteiger charge is 2.66. The van der Waals surface area contributed by atoms with Crippen molar-refractivity contribution in [2.45, 2.75) is 16.1 Å². The average molecular weight is 449 g/mol. The van der Waals surface area contributed by atoms with Crippen LogP contribution in [0.2, 0.25) is 0 Å². The molecule has 0 N–H and O–H groups in total. The predicted molar refractivity (Wildman–Crippen MR) is 100 cm³/mol. The van der Waals surface area contributed by atoms with Crippen LogP contribution in [-0.4, -0.2) is 21.5 Å². The maximum Gasteiger partial charge on any atom is 0.238 e. The normalized spacial score (nSPS) is 37.5. The molecule has 122 valence electrons. The Morgan fingerprint density at radius 3 is 2.08 bits per heavy atom. The summed E-state index contributed by atoms with van der Waals surface area (Å²) in [6.07, 6.45) is 0.960. The van der Waals surface area contributed by atoms with Gasteiger partial charge in [0.05, 0.1) is 17.5 Å². The smallest absolute Gasteiger partial charge is 0.238 e. The molecule has 6 atom stereocenters. The van der Waals surface area contributed by atoms with Gasteiger partial charge in [-0.05, 0) is 29.7 Å². The third kappa shape index (κ3) is 1.77. The Hall–Kier alpha value is -1.20. The molecule has 6 unspecified atom stereocenters. The first-order valence-electron chi connectivity index (χ1n) is 8.23. The lowest BCUT2D eigenvalue weighted by molar-refractivity contribution is -0.123. The number of halogens is 2. The summed E-state index contributed by atoms with van der Waals surface area (Å²) < 4.78 is 0. The first kappa shape index (κ1) is 15.1. The van der Waals surface area contributed by atoms with Gasteiger partial charge in [-0.3, -0.25) is 9.59 Å². The van der Waals surface area contributed by atoms with E-state index in [1.165, 1.54) is 4.90 Å². The Morgan fingerprint density at radius 1 is 0.833 bits per heavy atom. The van der Waals surface area contributed by atoms with E-state index in [0.717, 1.165) is 22.9 Å². The van der Waals surface area contributed by atoms with Crippen LogP contribution in [0, 0.1) is 23.7 Å². The number of alkyl halides is 2. The summed E-state index contributed by atoms with van der Waals surface area (Å²) in [6, 6.07) is 13.7. The van der Waals surface area contributed by atoms with Crippen LogP contribution >= 0.6 is 31.9 Å². The van der Waals surface area contributed by atoms with E-state index in [0.29, 0.717) is 0 Å². The molecule has 5 heteroatoms. The number of benzene rings is 2. The standard InChI is InChI=1S/C19H15Br2NO2/c20-16-11-8-12(17(16)21)15-14(11)18(23)22(19(15)24)13-7-3-5-9-4-1-2-6-10(9)13/h1-7,11-12,14-17H,8H2. The molecule has 0 aromatic heterocycles. The first-order chi connectivity index (χ1) is 11.6. The lowest BCUT2D eigenvalue weighted by atomic mass is 9.81. The molecule has 1 saturated heterocycles. The average Bonchev–Trinajstić information content (AvgIpc) is 3.20. The molecule has 0 radical (unpaired) electrons. The van der Waals surface area contributed by atoms with Gasteiger partial charge < -0.3 is 0 Å². The molecule has 3 fully saturated rings. The molecule has 3 aliphatic rings. The molecule has 24 heavy (non-hydrogen) atoms. The van der Waals surface area contributed by atoms with Crippen molar-refractivity contribution in [3.63, 3.8) is 0 Å². The quantitative estimate of drug-likeness (QED) is 0.486. The fraction of sp³-hybridized carbons (Fsp3) is 0.368. The number of carbonyl (C=O) groups is 2. The van der Waals surface area contributed by atoms with Crippen LogP contribution in [0.15, 0.2) is 42.5 Å². The highest BCUT2D eigenvalue weighted by molar-refractivity contribution is 9.12. The fourth-order valence-electron chi connectivity index (χ4n) is 4.99. The Kier molecular flexibility index (Phi) is 3.24.